The Hall–Kier alpha value is -0.570. The van der Waals surface area contributed by atoms with E-state index in [9.17, 15) is 4.79 Å². The van der Waals surface area contributed by atoms with Crippen LogP contribution in [0, 0.1) is 11.8 Å². The number of nitrogens with one attached hydrogen (secondary N) is 1. The molecule has 122 valence electrons. The van der Waals surface area contributed by atoms with E-state index < -0.39 is 0 Å². The minimum atomic E-state index is 0.0730. The van der Waals surface area contributed by atoms with Crippen molar-refractivity contribution in [2.24, 2.45) is 11.8 Å². The van der Waals surface area contributed by atoms with E-state index in [0.29, 0.717) is 11.8 Å². The normalized spacial score (nSPS) is 27.2. The molecule has 0 aromatic heterocycles. The van der Waals surface area contributed by atoms with Crippen LogP contribution in [0.15, 0.2) is 0 Å². The predicted octanol–water partition coefficient (Wildman–Crippen LogP) is 3.93. The van der Waals surface area contributed by atoms with Gasteiger partial charge in [-0.15, -0.1) is 0 Å². The first kappa shape index (κ1) is 16.8. The summed E-state index contributed by atoms with van der Waals surface area (Å²) in [6, 6.07) is 0.0730. The molecule has 2 unspecified atom stereocenters. The summed E-state index contributed by atoms with van der Waals surface area (Å²) in [5, 5.41) is 3.58. The van der Waals surface area contributed by atoms with Crippen molar-refractivity contribution >= 4 is 5.91 Å². The summed E-state index contributed by atoms with van der Waals surface area (Å²) in [7, 11) is 0. The van der Waals surface area contributed by atoms with Gasteiger partial charge in [0.2, 0.25) is 5.91 Å². The highest BCUT2D eigenvalue weighted by atomic mass is 16.2. The average Bonchev–Trinajstić information content (AvgIpc) is 3.06. The van der Waals surface area contributed by atoms with E-state index in [-0.39, 0.29) is 12.2 Å². The molecular weight excluding hydrogens is 260 g/mol. The number of nitrogens with zero attached hydrogens (tertiary/aromatic N) is 1. The zero-order valence-electron chi connectivity index (χ0n) is 14.2. The van der Waals surface area contributed by atoms with Crippen LogP contribution in [0.3, 0.4) is 0 Å². The van der Waals surface area contributed by atoms with Crippen LogP contribution in [0.4, 0.5) is 0 Å². The predicted molar refractivity (Wildman–Crippen MR) is 88.0 cm³/mol. The Morgan fingerprint density at radius 2 is 1.90 bits per heavy atom. The Morgan fingerprint density at radius 1 is 1.19 bits per heavy atom. The number of rotatable bonds is 8. The monoisotopic (exact) mass is 294 g/mol. The van der Waals surface area contributed by atoms with Gasteiger partial charge >= 0.3 is 0 Å². The third-order valence-corrected chi connectivity index (χ3v) is 5.25. The third kappa shape index (κ3) is 4.45. The van der Waals surface area contributed by atoms with Crippen LogP contribution >= 0.6 is 0 Å². The Bertz CT molecular complexity index is 323. The summed E-state index contributed by atoms with van der Waals surface area (Å²) in [5.74, 6) is 1.78. The van der Waals surface area contributed by atoms with E-state index in [1.165, 1.54) is 44.9 Å². The second kappa shape index (κ2) is 8.17. The second-order valence-electron chi connectivity index (χ2n) is 7.37. The molecule has 2 atom stereocenters. The molecule has 2 aliphatic rings. The molecule has 1 aliphatic carbocycles. The van der Waals surface area contributed by atoms with Crippen LogP contribution in [0.2, 0.25) is 0 Å². The van der Waals surface area contributed by atoms with Gasteiger partial charge < -0.3 is 4.90 Å². The molecule has 3 heteroatoms. The van der Waals surface area contributed by atoms with Crippen molar-refractivity contribution in [2.45, 2.75) is 90.8 Å². The number of carbonyl (C=O) groups excluding carboxylic acids is 1. The molecule has 0 aromatic carbocycles. The lowest BCUT2D eigenvalue weighted by Gasteiger charge is -2.27. The number of hydrogen-bond acceptors (Lipinski definition) is 2. The van der Waals surface area contributed by atoms with Crippen molar-refractivity contribution in [1.29, 1.82) is 0 Å². The zero-order valence-corrected chi connectivity index (χ0v) is 14.2. The van der Waals surface area contributed by atoms with Crippen LogP contribution in [-0.4, -0.2) is 29.6 Å². The van der Waals surface area contributed by atoms with Gasteiger partial charge in [-0.1, -0.05) is 59.3 Å². The molecule has 3 nitrogen and oxygen atoms in total. The smallest absolute Gasteiger partial charge is 0.241 e. The topological polar surface area (TPSA) is 32.3 Å². The molecule has 21 heavy (non-hydrogen) atoms. The summed E-state index contributed by atoms with van der Waals surface area (Å²) in [5.41, 5.74) is 0. The van der Waals surface area contributed by atoms with E-state index in [1.807, 2.05) is 0 Å². The molecule has 0 bridgehead atoms. The maximum Gasteiger partial charge on any atom is 0.241 e. The summed E-state index contributed by atoms with van der Waals surface area (Å²) >= 11 is 0. The van der Waals surface area contributed by atoms with E-state index >= 15 is 0 Å². The van der Waals surface area contributed by atoms with Crippen LogP contribution < -0.4 is 5.32 Å². The van der Waals surface area contributed by atoms with Crippen LogP contribution in [0.1, 0.15) is 78.6 Å². The van der Waals surface area contributed by atoms with Gasteiger partial charge in [-0.3, -0.25) is 10.1 Å². The average molecular weight is 294 g/mol. The lowest BCUT2D eigenvalue weighted by Crippen LogP contribution is -2.42. The van der Waals surface area contributed by atoms with Crippen molar-refractivity contribution < 1.29 is 4.79 Å². The number of carbonyl (C=O) groups is 1. The van der Waals surface area contributed by atoms with E-state index in [1.54, 1.807) is 0 Å². The molecule has 1 heterocycles. The van der Waals surface area contributed by atoms with Gasteiger partial charge in [0.25, 0.3) is 0 Å². The van der Waals surface area contributed by atoms with Crippen LogP contribution in [0.5, 0.6) is 0 Å². The van der Waals surface area contributed by atoms with Gasteiger partial charge in [0.05, 0.1) is 12.2 Å². The van der Waals surface area contributed by atoms with Gasteiger partial charge in [-0.05, 0) is 31.1 Å². The number of hydrogen-bond donors (Lipinski definition) is 1. The quantitative estimate of drug-likeness (QED) is 0.735. The molecule has 1 aliphatic heterocycles. The van der Waals surface area contributed by atoms with Crippen molar-refractivity contribution in [3.05, 3.63) is 0 Å². The molecule has 2 rings (SSSR count). The molecular formula is C18H34N2O. The summed E-state index contributed by atoms with van der Waals surface area (Å²) in [4.78, 5) is 14.8. The first-order chi connectivity index (χ1) is 10.1. The van der Waals surface area contributed by atoms with Gasteiger partial charge in [-0.25, -0.2) is 0 Å². The minimum absolute atomic E-state index is 0.0730. The van der Waals surface area contributed by atoms with Crippen molar-refractivity contribution in [3.63, 3.8) is 0 Å². The largest absolute Gasteiger partial charge is 0.326 e. The fraction of sp³-hybridized carbons (Fsp3) is 0.944. The lowest BCUT2D eigenvalue weighted by molar-refractivity contribution is -0.130. The molecule has 0 spiro atoms. The van der Waals surface area contributed by atoms with Gasteiger partial charge in [0, 0.05) is 6.54 Å². The Balaban J connectivity index is 1.83. The zero-order chi connectivity index (χ0) is 15.2. The SMILES string of the molecule is CCCCC1NC(C(C)C)N(CCCC2CCCC2)C1=O. The molecule has 2 fully saturated rings. The molecule has 1 amide bonds. The van der Waals surface area contributed by atoms with Crippen molar-refractivity contribution in [1.82, 2.24) is 10.2 Å². The summed E-state index contributed by atoms with van der Waals surface area (Å²) in [6.45, 7) is 7.58. The maximum atomic E-state index is 12.6. The highest BCUT2D eigenvalue weighted by Crippen LogP contribution is 2.29. The van der Waals surface area contributed by atoms with Crippen LogP contribution in [0.25, 0.3) is 0 Å². The van der Waals surface area contributed by atoms with Crippen LogP contribution in [-0.2, 0) is 4.79 Å². The second-order valence-corrected chi connectivity index (χ2v) is 7.37. The molecule has 1 N–H and O–H groups in total. The molecule has 1 saturated heterocycles. The highest BCUT2D eigenvalue weighted by Gasteiger charge is 2.39. The van der Waals surface area contributed by atoms with E-state index in [4.69, 9.17) is 0 Å². The Labute approximate surface area is 130 Å². The highest BCUT2D eigenvalue weighted by molar-refractivity contribution is 5.84. The molecule has 0 aromatic rings. The fourth-order valence-corrected chi connectivity index (χ4v) is 3.97. The Kier molecular flexibility index (Phi) is 6.53. The molecule has 0 radical (unpaired) electrons. The first-order valence-electron chi connectivity index (χ1n) is 9.20. The van der Waals surface area contributed by atoms with Gasteiger partial charge in [0.1, 0.15) is 0 Å². The summed E-state index contributed by atoms with van der Waals surface area (Å²) in [6.07, 6.45) is 11.7. The minimum Gasteiger partial charge on any atom is -0.326 e. The first-order valence-corrected chi connectivity index (χ1v) is 9.20. The number of amides is 1. The van der Waals surface area contributed by atoms with Gasteiger partial charge in [0.15, 0.2) is 0 Å². The summed E-state index contributed by atoms with van der Waals surface area (Å²) < 4.78 is 0. The van der Waals surface area contributed by atoms with Gasteiger partial charge in [-0.2, -0.15) is 0 Å². The van der Waals surface area contributed by atoms with Crippen molar-refractivity contribution in [2.75, 3.05) is 6.54 Å². The number of unbranched alkanes of at least 4 members (excludes halogenated alkanes) is 1. The van der Waals surface area contributed by atoms with Crippen molar-refractivity contribution in [3.8, 4) is 0 Å². The maximum absolute atomic E-state index is 12.6. The fourth-order valence-electron chi connectivity index (χ4n) is 3.97. The third-order valence-electron chi connectivity index (χ3n) is 5.25. The standard InChI is InChI=1S/C18H34N2O/c1-4-5-12-16-18(21)20(17(19-16)14(2)3)13-8-11-15-9-6-7-10-15/h14-17,19H,4-13H2,1-3H3. The lowest BCUT2D eigenvalue weighted by atomic mass is 10.0. The van der Waals surface area contributed by atoms with E-state index in [2.05, 4.69) is 31.0 Å². The van der Waals surface area contributed by atoms with E-state index in [0.717, 1.165) is 25.3 Å². The molecule has 1 saturated carbocycles. The Morgan fingerprint density at radius 3 is 2.52 bits per heavy atom.